The SMILES string of the molecule is C=CCN(Cc1ccccc1)C(=O)[C@H]1[C@H]2C(=O)N([C@H](CO)c3ccccc3)C(C(=O)N(CC=C)C(C)(C)C)C23CC[C@]1(C)O3. The van der Waals surface area contributed by atoms with Crippen LogP contribution in [0.3, 0.4) is 0 Å². The monoisotopic (exact) mass is 599 g/mol. The standard InChI is InChI=1S/C36H45N3O5/c1-7-21-37(23-25-15-11-9-12-16-25)31(41)28-29-32(42)39(27(24-40)26-17-13-10-14-18-26)30(36(29)20-19-35(28,6)44-36)33(43)38(22-8-2)34(3,4)5/h7-18,27-30,40H,1-2,19-24H2,3-6H3/t27-,28-,29+,30?,35+,36?/m1/s1. The molecule has 1 spiro atoms. The highest BCUT2D eigenvalue weighted by molar-refractivity contribution is 5.99. The fourth-order valence-corrected chi connectivity index (χ4v) is 7.74. The zero-order chi connectivity index (χ0) is 31.9. The van der Waals surface area contributed by atoms with Crippen molar-refractivity contribution in [2.45, 2.75) is 75.9 Å². The lowest BCUT2D eigenvalue weighted by Gasteiger charge is -2.43. The van der Waals surface area contributed by atoms with E-state index in [1.807, 2.05) is 88.4 Å². The van der Waals surface area contributed by atoms with Crippen LogP contribution in [0.4, 0.5) is 0 Å². The van der Waals surface area contributed by atoms with Crippen LogP contribution in [0.2, 0.25) is 0 Å². The van der Waals surface area contributed by atoms with E-state index in [9.17, 15) is 19.5 Å². The number of benzene rings is 2. The van der Waals surface area contributed by atoms with E-state index in [4.69, 9.17) is 4.74 Å². The predicted octanol–water partition coefficient (Wildman–Crippen LogP) is 4.51. The quantitative estimate of drug-likeness (QED) is 0.384. The minimum absolute atomic E-state index is 0.191. The van der Waals surface area contributed by atoms with Gasteiger partial charge in [-0.25, -0.2) is 0 Å². The molecule has 3 amide bonds. The number of fused-ring (bicyclic) bond motifs is 1. The summed E-state index contributed by atoms with van der Waals surface area (Å²) in [5.74, 6) is -2.48. The molecule has 6 atom stereocenters. The maximum atomic E-state index is 14.8. The molecule has 0 radical (unpaired) electrons. The lowest BCUT2D eigenvalue weighted by molar-refractivity contribution is -0.159. The van der Waals surface area contributed by atoms with Crippen LogP contribution in [0.15, 0.2) is 86.0 Å². The molecule has 234 valence electrons. The maximum absolute atomic E-state index is 14.8. The van der Waals surface area contributed by atoms with Crippen LogP contribution in [-0.4, -0.2) is 80.0 Å². The van der Waals surface area contributed by atoms with Crippen LogP contribution < -0.4 is 0 Å². The Hall–Kier alpha value is -3.75. The summed E-state index contributed by atoms with van der Waals surface area (Å²) >= 11 is 0. The van der Waals surface area contributed by atoms with Crippen molar-refractivity contribution in [3.8, 4) is 0 Å². The van der Waals surface area contributed by atoms with Crippen molar-refractivity contribution in [3.63, 3.8) is 0 Å². The zero-order valence-corrected chi connectivity index (χ0v) is 26.3. The number of carbonyl (C=O) groups excluding carboxylic acids is 3. The minimum atomic E-state index is -1.22. The van der Waals surface area contributed by atoms with Crippen molar-refractivity contribution < 1.29 is 24.2 Å². The number of aliphatic hydroxyl groups is 1. The highest BCUT2D eigenvalue weighted by Crippen LogP contribution is 2.64. The van der Waals surface area contributed by atoms with Crippen molar-refractivity contribution in [3.05, 3.63) is 97.1 Å². The van der Waals surface area contributed by atoms with Crippen LogP contribution >= 0.6 is 0 Å². The molecule has 3 heterocycles. The number of carbonyl (C=O) groups is 3. The molecule has 3 aliphatic heterocycles. The summed E-state index contributed by atoms with van der Waals surface area (Å²) in [6.07, 6.45) is 4.35. The lowest BCUT2D eigenvalue weighted by atomic mass is 9.66. The van der Waals surface area contributed by atoms with E-state index in [0.29, 0.717) is 31.5 Å². The second-order valence-corrected chi connectivity index (χ2v) is 13.5. The molecule has 0 saturated carbocycles. The second kappa shape index (κ2) is 12.0. The first kappa shape index (κ1) is 31.7. The van der Waals surface area contributed by atoms with Crippen LogP contribution in [0.5, 0.6) is 0 Å². The Morgan fingerprint density at radius 3 is 2.20 bits per heavy atom. The summed E-state index contributed by atoms with van der Waals surface area (Å²) in [7, 11) is 0. The Morgan fingerprint density at radius 1 is 1.02 bits per heavy atom. The molecule has 3 fully saturated rings. The van der Waals surface area contributed by atoms with Crippen molar-refractivity contribution in [2.24, 2.45) is 11.8 Å². The van der Waals surface area contributed by atoms with E-state index in [1.165, 1.54) is 4.90 Å². The number of hydrogen-bond acceptors (Lipinski definition) is 5. The second-order valence-electron chi connectivity index (χ2n) is 13.5. The van der Waals surface area contributed by atoms with Gasteiger partial charge in [0.15, 0.2) is 0 Å². The Labute approximate surface area is 261 Å². The largest absolute Gasteiger partial charge is 0.394 e. The summed E-state index contributed by atoms with van der Waals surface area (Å²) in [6, 6.07) is 17.2. The molecule has 2 bridgehead atoms. The van der Waals surface area contributed by atoms with E-state index in [-0.39, 0.29) is 30.9 Å². The fraction of sp³-hybridized carbons (Fsp3) is 0.472. The molecule has 8 nitrogen and oxygen atoms in total. The number of likely N-dealkylation sites (tertiary alicyclic amines) is 1. The van der Waals surface area contributed by atoms with E-state index in [1.54, 1.807) is 22.0 Å². The lowest BCUT2D eigenvalue weighted by Crippen LogP contribution is -2.60. The first-order chi connectivity index (χ1) is 20.9. The summed E-state index contributed by atoms with van der Waals surface area (Å²) in [5, 5.41) is 10.8. The molecular formula is C36H45N3O5. The normalized spacial score (nSPS) is 28.0. The van der Waals surface area contributed by atoms with Crippen molar-refractivity contribution >= 4 is 17.7 Å². The van der Waals surface area contributed by atoms with Gasteiger partial charge in [-0.05, 0) is 51.7 Å². The van der Waals surface area contributed by atoms with Gasteiger partial charge in [0.2, 0.25) is 17.7 Å². The number of amides is 3. The molecule has 0 aliphatic carbocycles. The summed E-state index contributed by atoms with van der Waals surface area (Å²) < 4.78 is 6.90. The smallest absolute Gasteiger partial charge is 0.249 e. The summed E-state index contributed by atoms with van der Waals surface area (Å²) in [4.78, 5) is 49.2. The third kappa shape index (κ3) is 5.18. The van der Waals surface area contributed by atoms with Gasteiger partial charge in [0, 0.05) is 25.2 Å². The molecule has 3 aliphatic rings. The fourth-order valence-electron chi connectivity index (χ4n) is 7.74. The molecule has 44 heavy (non-hydrogen) atoms. The first-order valence-corrected chi connectivity index (χ1v) is 15.5. The first-order valence-electron chi connectivity index (χ1n) is 15.5. The third-order valence-corrected chi connectivity index (χ3v) is 9.67. The highest BCUT2D eigenvalue weighted by Gasteiger charge is 2.79. The molecule has 5 rings (SSSR count). The van der Waals surface area contributed by atoms with Crippen molar-refractivity contribution in [1.29, 1.82) is 0 Å². The third-order valence-electron chi connectivity index (χ3n) is 9.67. The van der Waals surface area contributed by atoms with Gasteiger partial charge in [0.25, 0.3) is 0 Å². The van der Waals surface area contributed by atoms with Crippen LogP contribution in [0.1, 0.15) is 57.7 Å². The number of hydrogen-bond donors (Lipinski definition) is 1. The van der Waals surface area contributed by atoms with Gasteiger partial charge in [-0.1, -0.05) is 72.8 Å². The van der Waals surface area contributed by atoms with Crippen molar-refractivity contribution in [1.82, 2.24) is 14.7 Å². The molecule has 0 aromatic heterocycles. The number of rotatable bonds is 11. The van der Waals surface area contributed by atoms with E-state index in [0.717, 1.165) is 5.56 Å². The van der Waals surface area contributed by atoms with Gasteiger partial charge >= 0.3 is 0 Å². The van der Waals surface area contributed by atoms with Gasteiger partial charge in [0.1, 0.15) is 11.6 Å². The van der Waals surface area contributed by atoms with Gasteiger partial charge in [-0.2, -0.15) is 0 Å². The molecule has 1 N–H and O–H groups in total. The molecule has 2 aromatic carbocycles. The zero-order valence-electron chi connectivity index (χ0n) is 26.3. The van der Waals surface area contributed by atoms with Crippen LogP contribution in [0, 0.1) is 11.8 Å². The average Bonchev–Trinajstić information content (AvgIpc) is 3.57. The molecule has 2 unspecified atom stereocenters. The van der Waals surface area contributed by atoms with Gasteiger partial charge in [-0.3, -0.25) is 14.4 Å². The Morgan fingerprint density at radius 2 is 1.64 bits per heavy atom. The number of ether oxygens (including phenoxy) is 1. The van der Waals surface area contributed by atoms with Crippen LogP contribution in [0.25, 0.3) is 0 Å². The molecule has 2 aromatic rings. The Kier molecular flexibility index (Phi) is 8.62. The molecule has 8 heteroatoms. The Bertz CT molecular complexity index is 1410. The Balaban J connectivity index is 1.63. The van der Waals surface area contributed by atoms with E-state index >= 15 is 0 Å². The van der Waals surface area contributed by atoms with Gasteiger partial charge in [0.05, 0.1) is 30.1 Å². The molecule has 3 saturated heterocycles. The summed E-state index contributed by atoms with van der Waals surface area (Å²) in [6.45, 7) is 16.1. The number of aliphatic hydroxyl groups excluding tert-OH is 1. The van der Waals surface area contributed by atoms with Crippen LogP contribution in [-0.2, 0) is 25.7 Å². The maximum Gasteiger partial charge on any atom is 0.249 e. The average molecular weight is 600 g/mol. The van der Waals surface area contributed by atoms with Gasteiger partial charge < -0.3 is 24.5 Å². The van der Waals surface area contributed by atoms with E-state index in [2.05, 4.69) is 13.2 Å². The predicted molar refractivity (Wildman–Crippen MR) is 169 cm³/mol. The van der Waals surface area contributed by atoms with E-state index < -0.39 is 40.7 Å². The number of nitrogens with zero attached hydrogens (tertiary/aromatic N) is 3. The summed E-state index contributed by atoms with van der Waals surface area (Å²) in [5.41, 5.74) is -1.05. The minimum Gasteiger partial charge on any atom is -0.394 e. The molecular weight excluding hydrogens is 554 g/mol. The topological polar surface area (TPSA) is 90.4 Å². The highest BCUT2D eigenvalue weighted by atomic mass is 16.5. The van der Waals surface area contributed by atoms with Crippen molar-refractivity contribution in [2.75, 3.05) is 19.7 Å². The van der Waals surface area contributed by atoms with Gasteiger partial charge in [-0.15, -0.1) is 13.2 Å².